The van der Waals surface area contributed by atoms with Crippen LogP contribution < -0.4 is 5.32 Å². The van der Waals surface area contributed by atoms with E-state index in [0.29, 0.717) is 50.1 Å². The highest BCUT2D eigenvalue weighted by Gasteiger charge is 2.35. The molecule has 1 fully saturated rings. The number of likely N-dealkylation sites (N-methyl/N-ethyl adjacent to an activating group) is 1. The molecule has 176 valence electrons. The molecule has 1 saturated heterocycles. The van der Waals surface area contributed by atoms with Crippen molar-refractivity contribution in [2.75, 3.05) is 26.2 Å². The maximum atomic E-state index is 13.3. The third kappa shape index (κ3) is 5.97. The molecule has 3 rings (SSSR count). The molecule has 1 atom stereocenters. The minimum Gasteiger partial charge on any atom is -0.341 e. The Bertz CT molecular complexity index is 981. The summed E-state index contributed by atoms with van der Waals surface area (Å²) in [5.41, 5.74) is 1.94. The number of piperidine rings is 1. The predicted molar refractivity (Wildman–Crippen MR) is 125 cm³/mol. The fraction of sp³-hybridized carbons (Fsp3) is 0.423. The van der Waals surface area contributed by atoms with E-state index < -0.39 is 6.04 Å². The zero-order valence-electron chi connectivity index (χ0n) is 19.5. The normalized spacial score (nSPS) is 15.1. The van der Waals surface area contributed by atoms with Crippen molar-refractivity contribution in [2.45, 2.75) is 39.7 Å². The summed E-state index contributed by atoms with van der Waals surface area (Å²) in [4.78, 5) is 42.5. The molecule has 0 aliphatic carbocycles. The highest BCUT2D eigenvalue weighted by atomic mass is 19.1. The molecule has 2 aromatic carbocycles. The topological polar surface area (TPSA) is 69.7 Å². The number of benzene rings is 2. The van der Waals surface area contributed by atoms with Crippen LogP contribution in [0.15, 0.2) is 48.5 Å². The van der Waals surface area contributed by atoms with Crippen LogP contribution in [0.2, 0.25) is 0 Å². The van der Waals surface area contributed by atoms with Crippen LogP contribution in [0.5, 0.6) is 0 Å². The number of rotatable bonds is 7. The number of hydrogen-bond donors (Lipinski definition) is 1. The number of aryl methyl sites for hydroxylation is 1. The van der Waals surface area contributed by atoms with Gasteiger partial charge in [-0.05, 0) is 75.9 Å². The molecule has 1 aliphatic heterocycles. The summed E-state index contributed by atoms with van der Waals surface area (Å²) in [6.45, 7) is 7.84. The quantitative estimate of drug-likeness (QED) is 0.696. The second-order valence-corrected chi connectivity index (χ2v) is 8.47. The summed E-state index contributed by atoms with van der Waals surface area (Å²) in [7, 11) is 0. The Balaban J connectivity index is 1.73. The van der Waals surface area contributed by atoms with Crippen LogP contribution in [0.1, 0.15) is 53.0 Å². The van der Waals surface area contributed by atoms with Gasteiger partial charge in [0, 0.05) is 37.3 Å². The van der Waals surface area contributed by atoms with Gasteiger partial charge in [0.05, 0.1) is 0 Å². The Morgan fingerprint density at radius 2 is 1.67 bits per heavy atom. The maximum absolute atomic E-state index is 13.3. The number of carbonyl (C=O) groups is 3. The van der Waals surface area contributed by atoms with Crippen LogP contribution in [-0.4, -0.2) is 59.7 Å². The van der Waals surface area contributed by atoms with Crippen molar-refractivity contribution in [1.82, 2.24) is 15.1 Å². The first-order valence-electron chi connectivity index (χ1n) is 11.5. The molecule has 33 heavy (non-hydrogen) atoms. The van der Waals surface area contributed by atoms with Crippen molar-refractivity contribution in [1.29, 1.82) is 0 Å². The average molecular weight is 454 g/mol. The van der Waals surface area contributed by atoms with Gasteiger partial charge in [-0.2, -0.15) is 0 Å². The van der Waals surface area contributed by atoms with E-state index in [9.17, 15) is 18.8 Å². The minimum atomic E-state index is -0.652. The van der Waals surface area contributed by atoms with Crippen LogP contribution in [0.25, 0.3) is 0 Å². The standard InChI is InChI=1S/C26H32FN3O3/c1-4-29(5-2)26(33)23(28-24(31)21-8-6-7-18(3)17-21)19-13-15-30(16-14-19)25(32)20-9-11-22(27)12-10-20/h6-12,17,19,23H,4-5,13-16H2,1-3H3,(H,28,31)/t23-/m0/s1. The Hall–Kier alpha value is -3.22. The van der Waals surface area contributed by atoms with Gasteiger partial charge in [0.1, 0.15) is 11.9 Å². The summed E-state index contributed by atoms with van der Waals surface area (Å²) in [5, 5.41) is 2.99. The molecule has 0 radical (unpaired) electrons. The number of nitrogens with one attached hydrogen (secondary N) is 1. The lowest BCUT2D eigenvalue weighted by Crippen LogP contribution is -2.54. The zero-order chi connectivity index (χ0) is 24.0. The van der Waals surface area contributed by atoms with Crippen molar-refractivity contribution in [3.05, 3.63) is 71.0 Å². The lowest BCUT2D eigenvalue weighted by molar-refractivity contribution is -0.134. The van der Waals surface area contributed by atoms with Crippen molar-refractivity contribution >= 4 is 17.7 Å². The predicted octanol–water partition coefficient (Wildman–Crippen LogP) is 3.65. The number of likely N-dealkylation sites (tertiary alicyclic amines) is 1. The second-order valence-electron chi connectivity index (χ2n) is 8.47. The monoisotopic (exact) mass is 453 g/mol. The van der Waals surface area contributed by atoms with Gasteiger partial charge in [-0.15, -0.1) is 0 Å². The molecule has 3 amide bonds. The lowest BCUT2D eigenvalue weighted by atomic mass is 9.87. The van der Waals surface area contributed by atoms with Gasteiger partial charge in [0.2, 0.25) is 5.91 Å². The first-order valence-corrected chi connectivity index (χ1v) is 11.5. The molecule has 1 aliphatic rings. The second kappa shape index (κ2) is 11.1. The molecular weight excluding hydrogens is 421 g/mol. The molecule has 0 spiro atoms. The molecule has 0 saturated carbocycles. The van der Waals surface area contributed by atoms with Gasteiger partial charge in [0.15, 0.2) is 0 Å². The van der Waals surface area contributed by atoms with Crippen molar-refractivity contribution in [2.24, 2.45) is 5.92 Å². The average Bonchev–Trinajstić information content (AvgIpc) is 2.83. The third-order valence-corrected chi connectivity index (χ3v) is 6.30. The molecule has 2 aromatic rings. The van der Waals surface area contributed by atoms with E-state index >= 15 is 0 Å². The summed E-state index contributed by atoms with van der Waals surface area (Å²) < 4.78 is 13.2. The Morgan fingerprint density at radius 3 is 2.24 bits per heavy atom. The Kier molecular flexibility index (Phi) is 8.20. The highest BCUT2D eigenvalue weighted by molar-refractivity contribution is 5.98. The zero-order valence-corrected chi connectivity index (χ0v) is 19.5. The number of halogens is 1. The van der Waals surface area contributed by atoms with E-state index in [1.54, 1.807) is 21.9 Å². The van der Waals surface area contributed by atoms with E-state index in [-0.39, 0.29) is 29.5 Å². The maximum Gasteiger partial charge on any atom is 0.253 e. The molecule has 7 heteroatoms. The first kappa shape index (κ1) is 24.4. The van der Waals surface area contributed by atoms with E-state index in [1.807, 2.05) is 32.9 Å². The van der Waals surface area contributed by atoms with Crippen LogP contribution in [0.3, 0.4) is 0 Å². The molecule has 1 heterocycles. The minimum absolute atomic E-state index is 0.0795. The summed E-state index contributed by atoms with van der Waals surface area (Å²) in [6.07, 6.45) is 1.19. The van der Waals surface area contributed by atoms with Gasteiger partial charge >= 0.3 is 0 Å². The molecular formula is C26H32FN3O3. The van der Waals surface area contributed by atoms with Crippen LogP contribution >= 0.6 is 0 Å². The van der Waals surface area contributed by atoms with E-state index in [1.165, 1.54) is 24.3 Å². The number of carbonyl (C=O) groups excluding carboxylic acids is 3. The lowest BCUT2D eigenvalue weighted by Gasteiger charge is -2.37. The molecule has 6 nitrogen and oxygen atoms in total. The smallest absolute Gasteiger partial charge is 0.253 e. The van der Waals surface area contributed by atoms with Crippen LogP contribution in [-0.2, 0) is 4.79 Å². The van der Waals surface area contributed by atoms with Gasteiger partial charge in [-0.25, -0.2) is 4.39 Å². The van der Waals surface area contributed by atoms with Gasteiger partial charge in [-0.3, -0.25) is 14.4 Å². The number of amides is 3. The van der Waals surface area contributed by atoms with Crippen LogP contribution in [0, 0.1) is 18.7 Å². The summed E-state index contributed by atoms with van der Waals surface area (Å²) in [6, 6.07) is 12.2. The summed E-state index contributed by atoms with van der Waals surface area (Å²) >= 11 is 0. The van der Waals surface area contributed by atoms with E-state index in [0.717, 1.165) is 5.56 Å². The highest BCUT2D eigenvalue weighted by Crippen LogP contribution is 2.24. The van der Waals surface area contributed by atoms with Crippen LogP contribution in [0.4, 0.5) is 4.39 Å². The molecule has 1 N–H and O–H groups in total. The molecule has 0 bridgehead atoms. The van der Waals surface area contributed by atoms with Crippen molar-refractivity contribution in [3.8, 4) is 0 Å². The van der Waals surface area contributed by atoms with Gasteiger partial charge < -0.3 is 15.1 Å². The first-order chi connectivity index (χ1) is 15.8. The Labute approximate surface area is 194 Å². The molecule has 0 aromatic heterocycles. The number of hydrogen-bond acceptors (Lipinski definition) is 3. The SMILES string of the molecule is CCN(CC)C(=O)[C@@H](NC(=O)c1cccc(C)c1)C1CCN(C(=O)c2ccc(F)cc2)CC1. The summed E-state index contributed by atoms with van der Waals surface area (Å²) in [5.74, 6) is -0.973. The third-order valence-electron chi connectivity index (χ3n) is 6.30. The van der Waals surface area contributed by atoms with Crippen molar-refractivity contribution < 1.29 is 18.8 Å². The van der Waals surface area contributed by atoms with E-state index in [4.69, 9.17) is 0 Å². The van der Waals surface area contributed by atoms with Crippen molar-refractivity contribution in [3.63, 3.8) is 0 Å². The molecule has 0 unspecified atom stereocenters. The fourth-order valence-corrected chi connectivity index (χ4v) is 4.33. The largest absolute Gasteiger partial charge is 0.341 e. The number of nitrogens with zero attached hydrogens (tertiary/aromatic N) is 2. The van der Waals surface area contributed by atoms with E-state index in [2.05, 4.69) is 5.32 Å². The van der Waals surface area contributed by atoms with Gasteiger partial charge in [0.25, 0.3) is 11.8 Å². The fourth-order valence-electron chi connectivity index (χ4n) is 4.33. The van der Waals surface area contributed by atoms with Gasteiger partial charge in [-0.1, -0.05) is 17.7 Å². The Morgan fingerprint density at radius 1 is 1.03 bits per heavy atom.